The van der Waals surface area contributed by atoms with Crippen LogP contribution in [0.2, 0.25) is 0 Å². The van der Waals surface area contributed by atoms with E-state index < -0.39 is 0 Å². The molecule has 2 aromatic heterocycles. The summed E-state index contributed by atoms with van der Waals surface area (Å²) in [6.07, 6.45) is 4.16. The van der Waals surface area contributed by atoms with E-state index in [-0.39, 0.29) is 17.5 Å². The van der Waals surface area contributed by atoms with Crippen molar-refractivity contribution in [2.24, 2.45) is 0 Å². The van der Waals surface area contributed by atoms with Gasteiger partial charge in [-0.3, -0.25) is 4.98 Å². The monoisotopic (exact) mass is 665 g/mol. The van der Waals surface area contributed by atoms with E-state index in [0.29, 0.717) is 0 Å². The number of rotatable bonds is 3. The molecule has 0 saturated heterocycles. The van der Waals surface area contributed by atoms with Gasteiger partial charge < -0.3 is 9.80 Å². The summed E-state index contributed by atoms with van der Waals surface area (Å²) in [4.78, 5) is 9.90. The molecule has 9 rings (SSSR count). The number of hydrogen-bond acceptors (Lipinski definition) is 4. The van der Waals surface area contributed by atoms with Gasteiger partial charge in [0.25, 0.3) is 6.71 Å². The van der Waals surface area contributed by atoms with Crippen LogP contribution in [0.4, 0.5) is 34.1 Å². The standard InChI is InChI=1S/C45H40BN3S/c1-44(2,3)31-21-19-29(20-22-31)30-13-12-16-34(25-30)49-39-28-47-27-38-41(39)46(36-17-10-11-18-37(36)48(38)33-14-8-7-9-15-33)43-42(49)35-26-32(45(4,5)6)23-24-40(35)50-43/h7-28H,1-6H3. The molecule has 244 valence electrons. The Kier molecular flexibility index (Phi) is 6.92. The van der Waals surface area contributed by atoms with E-state index in [0.717, 1.165) is 22.7 Å². The fourth-order valence-electron chi connectivity index (χ4n) is 7.82. The Morgan fingerprint density at radius 3 is 1.96 bits per heavy atom. The minimum absolute atomic E-state index is 0.0297. The van der Waals surface area contributed by atoms with Gasteiger partial charge in [0.05, 0.1) is 29.5 Å². The largest absolute Gasteiger partial charge is 0.310 e. The number of benzene rings is 5. The lowest BCUT2D eigenvalue weighted by Crippen LogP contribution is -2.60. The van der Waals surface area contributed by atoms with E-state index in [1.807, 2.05) is 11.3 Å². The SMILES string of the molecule is CC(C)(C)c1ccc(-c2cccc(N3c4cncc5c4B(c4ccccc4N5c4ccccc4)c4sc5ccc(C(C)(C)C)cc5c43)c2)cc1. The van der Waals surface area contributed by atoms with Gasteiger partial charge in [0.2, 0.25) is 0 Å². The van der Waals surface area contributed by atoms with Crippen LogP contribution in [-0.4, -0.2) is 11.7 Å². The van der Waals surface area contributed by atoms with Crippen LogP contribution in [0, 0.1) is 0 Å². The van der Waals surface area contributed by atoms with Gasteiger partial charge >= 0.3 is 0 Å². The molecule has 4 heterocycles. The number of thiophene rings is 1. The van der Waals surface area contributed by atoms with Gasteiger partial charge in [0, 0.05) is 31.9 Å². The smallest absolute Gasteiger partial charge is 0.264 e. The van der Waals surface area contributed by atoms with E-state index in [9.17, 15) is 0 Å². The predicted molar refractivity (Wildman–Crippen MR) is 216 cm³/mol. The zero-order valence-electron chi connectivity index (χ0n) is 29.5. The molecule has 5 aromatic carbocycles. The van der Waals surface area contributed by atoms with Crippen molar-refractivity contribution < 1.29 is 0 Å². The van der Waals surface area contributed by atoms with Gasteiger partial charge in [-0.05, 0) is 86.5 Å². The molecule has 0 radical (unpaired) electrons. The summed E-state index contributed by atoms with van der Waals surface area (Å²) in [5.74, 6) is 0. The topological polar surface area (TPSA) is 19.4 Å². The molecule has 50 heavy (non-hydrogen) atoms. The van der Waals surface area contributed by atoms with Crippen molar-refractivity contribution in [1.82, 2.24) is 4.98 Å². The summed E-state index contributed by atoms with van der Waals surface area (Å²) in [5.41, 5.74) is 14.9. The van der Waals surface area contributed by atoms with Crippen molar-refractivity contribution in [3.63, 3.8) is 0 Å². The van der Waals surface area contributed by atoms with Gasteiger partial charge in [-0.25, -0.2) is 0 Å². The minimum atomic E-state index is 0.0297. The van der Waals surface area contributed by atoms with E-state index >= 15 is 0 Å². The van der Waals surface area contributed by atoms with Crippen molar-refractivity contribution in [2.75, 3.05) is 9.80 Å². The summed E-state index contributed by atoms with van der Waals surface area (Å²) in [6.45, 7) is 13.8. The van der Waals surface area contributed by atoms with Crippen LogP contribution in [0.15, 0.2) is 134 Å². The van der Waals surface area contributed by atoms with Crippen molar-refractivity contribution in [1.29, 1.82) is 0 Å². The molecule has 0 N–H and O–H groups in total. The summed E-state index contributed by atoms with van der Waals surface area (Å²) >= 11 is 1.94. The van der Waals surface area contributed by atoms with E-state index in [4.69, 9.17) is 4.98 Å². The molecule has 2 aliphatic heterocycles. The first-order chi connectivity index (χ1) is 24.1. The van der Waals surface area contributed by atoms with Gasteiger partial charge in [0.1, 0.15) is 0 Å². The first-order valence-electron chi connectivity index (χ1n) is 17.6. The molecule has 0 bridgehead atoms. The molecule has 7 aromatic rings. The van der Waals surface area contributed by atoms with Crippen molar-refractivity contribution >= 4 is 78.0 Å². The molecule has 0 spiro atoms. The lowest BCUT2D eigenvalue weighted by Gasteiger charge is -2.42. The van der Waals surface area contributed by atoms with Crippen LogP contribution in [0.1, 0.15) is 52.7 Å². The number of para-hydroxylation sites is 2. The minimum Gasteiger partial charge on any atom is -0.310 e. The van der Waals surface area contributed by atoms with Crippen LogP contribution in [-0.2, 0) is 10.8 Å². The maximum atomic E-state index is 4.99. The van der Waals surface area contributed by atoms with Gasteiger partial charge in [-0.2, -0.15) is 0 Å². The van der Waals surface area contributed by atoms with Crippen molar-refractivity contribution in [3.05, 3.63) is 145 Å². The number of pyridine rings is 1. The van der Waals surface area contributed by atoms with E-state index in [2.05, 4.69) is 185 Å². The molecule has 0 aliphatic carbocycles. The lowest BCUT2D eigenvalue weighted by atomic mass is 9.36. The highest BCUT2D eigenvalue weighted by Gasteiger charge is 2.45. The molecular formula is C45H40BN3S. The maximum absolute atomic E-state index is 4.99. The molecule has 0 fully saturated rings. The van der Waals surface area contributed by atoms with Gasteiger partial charge in [-0.15, -0.1) is 11.3 Å². The second-order valence-electron chi connectivity index (χ2n) is 15.7. The third kappa shape index (κ3) is 4.82. The number of fused-ring (bicyclic) bond motifs is 6. The Bertz CT molecular complexity index is 2420. The molecule has 0 amide bonds. The highest BCUT2D eigenvalue weighted by molar-refractivity contribution is 7.33. The normalized spacial score (nSPS) is 13.7. The van der Waals surface area contributed by atoms with Crippen LogP contribution >= 0.6 is 11.3 Å². The lowest BCUT2D eigenvalue weighted by molar-refractivity contribution is 0.590. The Morgan fingerprint density at radius 2 is 1.22 bits per heavy atom. The summed E-state index contributed by atoms with van der Waals surface area (Å²) in [7, 11) is 0. The molecule has 3 nitrogen and oxygen atoms in total. The summed E-state index contributed by atoms with van der Waals surface area (Å²) in [6, 6.07) is 44.9. The number of aromatic nitrogens is 1. The molecule has 5 heteroatoms. The summed E-state index contributed by atoms with van der Waals surface area (Å²) in [5, 5.41) is 1.30. The highest BCUT2D eigenvalue weighted by atomic mass is 32.1. The second-order valence-corrected chi connectivity index (χ2v) is 16.8. The molecule has 2 aliphatic rings. The first-order valence-corrected chi connectivity index (χ1v) is 18.4. The third-order valence-electron chi connectivity index (χ3n) is 10.4. The Labute approximate surface area is 300 Å². The predicted octanol–water partition coefficient (Wildman–Crippen LogP) is 10.6. The zero-order chi connectivity index (χ0) is 34.4. The molecule has 0 unspecified atom stereocenters. The first kappa shape index (κ1) is 30.9. The third-order valence-corrected chi connectivity index (χ3v) is 11.7. The van der Waals surface area contributed by atoms with Crippen LogP contribution in [0.5, 0.6) is 0 Å². The Balaban J connectivity index is 1.32. The maximum Gasteiger partial charge on any atom is 0.264 e. The molecule has 0 atom stereocenters. The average Bonchev–Trinajstić information content (AvgIpc) is 3.50. The summed E-state index contributed by atoms with van der Waals surface area (Å²) < 4.78 is 2.69. The van der Waals surface area contributed by atoms with Crippen molar-refractivity contribution in [3.8, 4) is 11.1 Å². The Hall–Kier alpha value is -5.13. The van der Waals surface area contributed by atoms with Crippen molar-refractivity contribution in [2.45, 2.75) is 52.4 Å². The molecule has 0 saturated carbocycles. The number of nitrogens with zero attached hydrogens (tertiary/aromatic N) is 3. The second kappa shape index (κ2) is 11.2. The fourth-order valence-corrected chi connectivity index (χ4v) is 9.12. The van der Waals surface area contributed by atoms with Gasteiger partial charge in [0.15, 0.2) is 0 Å². The Morgan fingerprint density at radius 1 is 0.560 bits per heavy atom. The zero-order valence-corrected chi connectivity index (χ0v) is 30.3. The van der Waals surface area contributed by atoms with Crippen LogP contribution in [0.25, 0.3) is 21.2 Å². The number of hydrogen-bond donors (Lipinski definition) is 0. The van der Waals surface area contributed by atoms with Crippen LogP contribution < -0.4 is 25.5 Å². The fraction of sp³-hybridized carbons (Fsp3) is 0.178. The number of anilines is 6. The average molecular weight is 666 g/mol. The van der Waals surface area contributed by atoms with E-state index in [1.54, 1.807) is 0 Å². The van der Waals surface area contributed by atoms with E-state index in [1.165, 1.54) is 59.4 Å². The van der Waals surface area contributed by atoms with Gasteiger partial charge in [-0.1, -0.05) is 120 Å². The quantitative estimate of drug-likeness (QED) is 0.175. The van der Waals surface area contributed by atoms with Crippen LogP contribution in [0.3, 0.4) is 0 Å². The molecular weight excluding hydrogens is 625 g/mol. The highest BCUT2D eigenvalue weighted by Crippen LogP contribution is 2.48.